The highest BCUT2D eigenvalue weighted by molar-refractivity contribution is 7.26. The Balaban J connectivity index is 1.12. The molecule has 1 aliphatic carbocycles. The van der Waals surface area contributed by atoms with E-state index in [1.165, 1.54) is 27.0 Å². The van der Waals surface area contributed by atoms with Crippen molar-refractivity contribution in [2.75, 3.05) is 0 Å². The minimum absolute atomic E-state index is 0.574. The first-order chi connectivity index (χ1) is 29.2. The van der Waals surface area contributed by atoms with Gasteiger partial charge in [-0.05, 0) is 58.0 Å². The summed E-state index contributed by atoms with van der Waals surface area (Å²) in [7, 11) is 0. The molecular weight excluding hydrogens is 739 g/mol. The van der Waals surface area contributed by atoms with Crippen LogP contribution in [0.15, 0.2) is 188 Å². The predicted molar refractivity (Wildman–Crippen MR) is 241 cm³/mol. The van der Waals surface area contributed by atoms with Crippen LogP contribution in [0.25, 0.3) is 87.0 Å². The molecule has 1 aliphatic heterocycles. The Labute approximate surface area is 343 Å². The van der Waals surface area contributed by atoms with Crippen LogP contribution in [0.2, 0.25) is 0 Å². The van der Waals surface area contributed by atoms with Gasteiger partial charge in [0.2, 0.25) is 0 Å². The van der Waals surface area contributed by atoms with Crippen LogP contribution in [0.3, 0.4) is 0 Å². The highest BCUT2D eigenvalue weighted by Crippen LogP contribution is 2.62. The normalized spacial score (nSPS) is 13.4. The molecule has 0 bridgehead atoms. The zero-order valence-electron chi connectivity index (χ0n) is 31.6. The van der Waals surface area contributed by atoms with Gasteiger partial charge in [-0.1, -0.05) is 158 Å². The lowest BCUT2D eigenvalue weighted by atomic mass is 9.65. The summed E-state index contributed by atoms with van der Waals surface area (Å²) in [6, 6.07) is 67.0. The summed E-state index contributed by atoms with van der Waals surface area (Å²) in [6.07, 6.45) is 0. The van der Waals surface area contributed by atoms with Crippen LogP contribution in [0.4, 0.5) is 0 Å². The highest BCUT2D eigenvalue weighted by Gasteiger charge is 2.51. The number of fused-ring (bicyclic) bond motifs is 15. The van der Waals surface area contributed by atoms with Crippen LogP contribution in [0.1, 0.15) is 22.3 Å². The number of hydrogen-bond acceptors (Lipinski definition) is 5. The van der Waals surface area contributed by atoms with Crippen LogP contribution in [-0.4, -0.2) is 15.0 Å². The summed E-state index contributed by atoms with van der Waals surface area (Å²) in [5.74, 6) is 2.43. The van der Waals surface area contributed by atoms with Crippen molar-refractivity contribution in [1.82, 2.24) is 15.0 Å². The molecule has 274 valence electrons. The van der Waals surface area contributed by atoms with Gasteiger partial charge in [-0.15, -0.1) is 11.3 Å². The molecule has 11 aromatic rings. The van der Waals surface area contributed by atoms with Gasteiger partial charge < -0.3 is 4.74 Å². The molecule has 0 radical (unpaired) electrons. The van der Waals surface area contributed by atoms with E-state index in [9.17, 15) is 0 Å². The van der Waals surface area contributed by atoms with Crippen molar-refractivity contribution in [2.24, 2.45) is 0 Å². The van der Waals surface area contributed by atoms with E-state index in [1.807, 2.05) is 18.2 Å². The number of para-hydroxylation sites is 1. The Kier molecular flexibility index (Phi) is 6.78. The molecule has 1 spiro atoms. The fourth-order valence-electron chi connectivity index (χ4n) is 9.82. The molecular formula is C54H31N3OS. The van der Waals surface area contributed by atoms with Gasteiger partial charge in [0.05, 0.1) is 32.5 Å². The molecule has 0 unspecified atom stereocenters. The van der Waals surface area contributed by atoms with Crippen LogP contribution >= 0.6 is 11.3 Å². The second-order valence-corrected chi connectivity index (χ2v) is 16.5. The van der Waals surface area contributed by atoms with Crippen molar-refractivity contribution in [3.05, 3.63) is 210 Å². The van der Waals surface area contributed by atoms with Crippen LogP contribution in [-0.2, 0) is 5.41 Å². The summed E-state index contributed by atoms with van der Waals surface area (Å²) in [5.41, 5.74) is 13.5. The molecule has 0 fully saturated rings. The Morgan fingerprint density at radius 3 is 1.85 bits per heavy atom. The van der Waals surface area contributed by atoms with Gasteiger partial charge in [-0.25, -0.2) is 15.0 Å². The number of ether oxygens (including phenoxy) is 1. The SMILES string of the molecule is c1ccc(-c2nc(-c3ccc4c(c3)nc(-c3ccccc3)c3cc5c(cc34)C3(c4ccccc4O5)c4ccccc4-c4ccccc43)c3sc4ccccc4c3n2)cc1. The van der Waals surface area contributed by atoms with Crippen LogP contribution in [0, 0.1) is 0 Å². The monoisotopic (exact) mass is 769 g/mol. The maximum atomic E-state index is 6.95. The third-order valence-corrected chi connectivity index (χ3v) is 13.5. The van der Waals surface area contributed by atoms with Crippen molar-refractivity contribution in [3.63, 3.8) is 0 Å². The molecule has 0 atom stereocenters. The van der Waals surface area contributed by atoms with Gasteiger partial charge in [-0.3, -0.25) is 0 Å². The topological polar surface area (TPSA) is 47.9 Å². The average molecular weight is 770 g/mol. The Hall–Kier alpha value is -7.47. The molecule has 8 aromatic carbocycles. The zero-order valence-corrected chi connectivity index (χ0v) is 32.4. The molecule has 0 saturated carbocycles. The first-order valence-electron chi connectivity index (χ1n) is 19.9. The number of rotatable bonds is 3. The van der Waals surface area contributed by atoms with Gasteiger partial charge >= 0.3 is 0 Å². The van der Waals surface area contributed by atoms with Gasteiger partial charge in [0, 0.05) is 48.7 Å². The zero-order chi connectivity index (χ0) is 38.7. The number of nitrogens with zero attached hydrogens (tertiary/aromatic N) is 3. The van der Waals surface area contributed by atoms with Crippen molar-refractivity contribution < 1.29 is 4.74 Å². The number of benzene rings is 8. The maximum absolute atomic E-state index is 6.95. The number of aromatic nitrogens is 3. The molecule has 5 heteroatoms. The summed E-state index contributed by atoms with van der Waals surface area (Å²) in [5, 5.41) is 4.39. The van der Waals surface area contributed by atoms with E-state index in [4.69, 9.17) is 19.7 Å². The molecule has 4 nitrogen and oxygen atoms in total. The molecule has 0 saturated heterocycles. The molecule has 2 aliphatic rings. The molecule has 4 heterocycles. The molecule has 3 aromatic heterocycles. The maximum Gasteiger partial charge on any atom is 0.160 e. The van der Waals surface area contributed by atoms with Crippen molar-refractivity contribution in [2.45, 2.75) is 5.41 Å². The number of hydrogen-bond donors (Lipinski definition) is 0. The van der Waals surface area contributed by atoms with Crippen LogP contribution < -0.4 is 4.74 Å². The van der Waals surface area contributed by atoms with Crippen molar-refractivity contribution in [3.8, 4) is 56.5 Å². The van der Waals surface area contributed by atoms with E-state index in [1.54, 1.807) is 11.3 Å². The molecule has 0 N–H and O–H groups in total. The van der Waals surface area contributed by atoms with Crippen LogP contribution in [0.5, 0.6) is 11.5 Å². The van der Waals surface area contributed by atoms with Gasteiger partial charge in [0.25, 0.3) is 0 Å². The lowest BCUT2D eigenvalue weighted by molar-refractivity contribution is 0.437. The van der Waals surface area contributed by atoms with Crippen molar-refractivity contribution in [1.29, 1.82) is 0 Å². The predicted octanol–water partition coefficient (Wildman–Crippen LogP) is 14.0. The lowest BCUT2D eigenvalue weighted by Gasteiger charge is -2.39. The van der Waals surface area contributed by atoms with E-state index in [2.05, 4.69) is 170 Å². The summed E-state index contributed by atoms with van der Waals surface area (Å²) in [6.45, 7) is 0. The minimum Gasteiger partial charge on any atom is -0.457 e. The minimum atomic E-state index is -0.574. The molecule has 0 amide bonds. The first kappa shape index (κ1) is 32.6. The van der Waals surface area contributed by atoms with Gasteiger partial charge in [0.15, 0.2) is 5.82 Å². The third-order valence-electron chi connectivity index (χ3n) is 12.3. The quantitative estimate of drug-likeness (QED) is 0.168. The van der Waals surface area contributed by atoms with Gasteiger partial charge in [-0.2, -0.15) is 0 Å². The fraction of sp³-hybridized carbons (Fsp3) is 0.0185. The van der Waals surface area contributed by atoms with E-state index in [0.717, 1.165) is 88.0 Å². The Morgan fingerprint density at radius 2 is 1.07 bits per heavy atom. The van der Waals surface area contributed by atoms with E-state index in [-0.39, 0.29) is 0 Å². The second kappa shape index (κ2) is 12.3. The Bertz CT molecular complexity index is 3490. The number of thiophene rings is 1. The van der Waals surface area contributed by atoms with E-state index >= 15 is 0 Å². The highest BCUT2D eigenvalue weighted by atomic mass is 32.1. The van der Waals surface area contributed by atoms with Crippen molar-refractivity contribution >= 4 is 53.3 Å². The second-order valence-electron chi connectivity index (χ2n) is 15.4. The number of pyridine rings is 1. The smallest absolute Gasteiger partial charge is 0.160 e. The average Bonchev–Trinajstić information content (AvgIpc) is 3.82. The standard InChI is InChI=1S/C54H31N3OS/c1-3-15-32(16-4-1)49-40-31-47-44(54(43-24-12-13-25-46(43)58-47)41-22-10-7-19-35(41)36-20-8-11-23-42(36)54)30-39(40)37-28-27-34(29-45(37)55-49)50-52-51(38-21-9-14-26-48(38)59-52)57-53(56-50)33-17-5-2-6-18-33/h1-31H. The lowest BCUT2D eigenvalue weighted by Crippen LogP contribution is -2.32. The summed E-state index contributed by atoms with van der Waals surface area (Å²) in [4.78, 5) is 16.0. The van der Waals surface area contributed by atoms with E-state index < -0.39 is 5.41 Å². The largest absolute Gasteiger partial charge is 0.457 e. The third kappa shape index (κ3) is 4.56. The van der Waals surface area contributed by atoms with Gasteiger partial charge in [0.1, 0.15) is 11.5 Å². The summed E-state index contributed by atoms with van der Waals surface area (Å²) >= 11 is 1.75. The Morgan fingerprint density at radius 1 is 0.407 bits per heavy atom. The summed E-state index contributed by atoms with van der Waals surface area (Å²) < 4.78 is 9.22. The molecule has 13 rings (SSSR count). The molecule has 59 heavy (non-hydrogen) atoms. The fourth-order valence-corrected chi connectivity index (χ4v) is 11.0. The first-order valence-corrected chi connectivity index (χ1v) is 20.7. The van der Waals surface area contributed by atoms with E-state index in [0.29, 0.717) is 5.82 Å².